The number of hydrogen-bond donors (Lipinski definition) is 1. The summed E-state index contributed by atoms with van der Waals surface area (Å²) in [4.78, 5) is 8.20. The molecule has 0 saturated carbocycles. The van der Waals surface area contributed by atoms with Gasteiger partial charge >= 0.3 is 0 Å². The number of aliphatic hydroxyl groups is 1. The van der Waals surface area contributed by atoms with Crippen LogP contribution in [0.3, 0.4) is 0 Å². The van der Waals surface area contributed by atoms with Gasteiger partial charge in [0.2, 0.25) is 0 Å². The maximum absolute atomic E-state index is 8.88. The van der Waals surface area contributed by atoms with Crippen LogP contribution in [0.25, 0.3) is 11.4 Å². The molecule has 0 spiro atoms. The van der Waals surface area contributed by atoms with Crippen LogP contribution in [0.15, 0.2) is 30.9 Å². The van der Waals surface area contributed by atoms with Crippen molar-refractivity contribution in [3.8, 4) is 11.4 Å². The molecule has 15 heavy (non-hydrogen) atoms. The van der Waals surface area contributed by atoms with Crippen molar-refractivity contribution in [3.63, 3.8) is 0 Å². The maximum atomic E-state index is 8.88. The molecule has 2 rings (SSSR count). The molecule has 0 unspecified atom stereocenters. The van der Waals surface area contributed by atoms with Crippen molar-refractivity contribution in [1.82, 2.24) is 14.5 Å². The number of pyridine rings is 1. The molecule has 4 nitrogen and oxygen atoms in total. The van der Waals surface area contributed by atoms with Gasteiger partial charge in [0.05, 0.1) is 17.2 Å². The first kappa shape index (κ1) is 10.1. The molecule has 0 aliphatic rings. The molecule has 2 heterocycles. The fraction of sp³-hybridized carbons (Fsp3) is 0.200. The molecule has 0 aliphatic heterocycles. The first-order valence-electron chi connectivity index (χ1n) is 4.55. The van der Waals surface area contributed by atoms with E-state index in [2.05, 4.69) is 9.97 Å². The summed E-state index contributed by atoms with van der Waals surface area (Å²) in [5.41, 5.74) is 0.776. The topological polar surface area (TPSA) is 50.9 Å². The molecule has 0 fully saturated rings. The van der Waals surface area contributed by atoms with Crippen LogP contribution >= 0.6 is 11.6 Å². The third kappa shape index (κ3) is 2.00. The van der Waals surface area contributed by atoms with Crippen LogP contribution in [0.5, 0.6) is 0 Å². The summed E-state index contributed by atoms with van der Waals surface area (Å²) in [6.45, 7) is 0.571. The number of imidazole rings is 1. The van der Waals surface area contributed by atoms with Crippen LogP contribution in [0.1, 0.15) is 0 Å². The Morgan fingerprint density at radius 1 is 1.40 bits per heavy atom. The molecule has 0 aliphatic carbocycles. The van der Waals surface area contributed by atoms with Crippen molar-refractivity contribution < 1.29 is 5.11 Å². The van der Waals surface area contributed by atoms with E-state index in [4.69, 9.17) is 16.7 Å². The van der Waals surface area contributed by atoms with Crippen molar-refractivity contribution in [2.45, 2.75) is 6.54 Å². The number of nitrogens with zero attached hydrogens (tertiary/aromatic N) is 3. The summed E-state index contributed by atoms with van der Waals surface area (Å²) in [7, 11) is 0. The van der Waals surface area contributed by atoms with Crippen LogP contribution in [-0.4, -0.2) is 26.2 Å². The van der Waals surface area contributed by atoms with Crippen molar-refractivity contribution >= 4 is 11.6 Å². The molecule has 0 aromatic carbocycles. The number of halogens is 1. The lowest BCUT2D eigenvalue weighted by molar-refractivity contribution is 0.276. The highest BCUT2D eigenvalue weighted by Crippen LogP contribution is 2.24. The minimum absolute atomic E-state index is 0.0707. The van der Waals surface area contributed by atoms with E-state index in [-0.39, 0.29) is 6.61 Å². The average molecular weight is 224 g/mol. The molecular formula is C10H10ClN3O. The first-order chi connectivity index (χ1) is 7.33. The molecule has 5 heteroatoms. The van der Waals surface area contributed by atoms with Gasteiger partial charge < -0.3 is 9.67 Å². The average Bonchev–Trinajstić information content (AvgIpc) is 2.67. The third-order valence-electron chi connectivity index (χ3n) is 2.07. The molecule has 78 valence electrons. The monoisotopic (exact) mass is 223 g/mol. The first-order valence-corrected chi connectivity index (χ1v) is 4.92. The largest absolute Gasteiger partial charge is 0.395 e. The normalized spacial score (nSPS) is 10.5. The van der Waals surface area contributed by atoms with Crippen molar-refractivity contribution in [2.75, 3.05) is 6.61 Å². The second-order valence-corrected chi connectivity index (χ2v) is 3.43. The maximum Gasteiger partial charge on any atom is 0.143 e. The van der Waals surface area contributed by atoms with E-state index < -0.39 is 0 Å². The van der Waals surface area contributed by atoms with Gasteiger partial charge in [-0.25, -0.2) is 4.98 Å². The zero-order valence-corrected chi connectivity index (χ0v) is 8.72. The predicted octanol–water partition coefficient (Wildman–Crippen LogP) is 1.59. The van der Waals surface area contributed by atoms with Gasteiger partial charge in [-0.15, -0.1) is 0 Å². The number of aliphatic hydroxyl groups excluding tert-OH is 1. The molecular weight excluding hydrogens is 214 g/mol. The van der Waals surface area contributed by atoms with Gasteiger partial charge in [-0.2, -0.15) is 0 Å². The molecule has 2 aromatic rings. The summed E-state index contributed by atoms with van der Waals surface area (Å²) < 4.78 is 1.84. The van der Waals surface area contributed by atoms with Gasteiger partial charge in [-0.05, 0) is 6.07 Å². The van der Waals surface area contributed by atoms with Crippen LogP contribution in [0, 0.1) is 0 Å². The lowest BCUT2D eigenvalue weighted by Gasteiger charge is -2.06. The van der Waals surface area contributed by atoms with Gasteiger partial charge in [0, 0.05) is 31.3 Å². The Balaban J connectivity index is 2.45. The smallest absolute Gasteiger partial charge is 0.143 e. The van der Waals surface area contributed by atoms with E-state index in [1.165, 1.54) is 0 Å². The highest BCUT2D eigenvalue weighted by Gasteiger charge is 2.08. The zero-order chi connectivity index (χ0) is 10.7. The minimum atomic E-state index is 0.0707. The Bertz CT molecular complexity index is 455. The molecule has 0 amide bonds. The van der Waals surface area contributed by atoms with Crippen molar-refractivity contribution in [2.24, 2.45) is 0 Å². The van der Waals surface area contributed by atoms with E-state index >= 15 is 0 Å². The Labute approximate surface area is 92.2 Å². The van der Waals surface area contributed by atoms with Crippen LogP contribution in [0.4, 0.5) is 0 Å². The van der Waals surface area contributed by atoms with Gasteiger partial charge in [0.25, 0.3) is 0 Å². The predicted molar refractivity (Wildman–Crippen MR) is 57.6 cm³/mol. The fourth-order valence-electron chi connectivity index (χ4n) is 1.38. The fourth-order valence-corrected chi connectivity index (χ4v) is 1.57. The van der Waals surface area contributed by atoms with E-state index in [1.807, 2.05) is 4.57 Å². The zero-order valence-electron chi connectivity index (χ0n) is 7.97. The number of aromatic nitrogens is 3. The van der Waals surface area contributed by atoms with Gasteiger partial charge in [0.15, 0.2) is 0 Å². The summed E-state index contributed by atoms with van der Waals surface area (Å²) in [6.07, 6.45) is 6.77. The summed E-state index contributed by atoms with van der Waals surface area (Å²) >= 11 is 6.03. The van der Waals surface area contributed by atoms with E-state index in [9.17, 15) is 0 Å². The summed E-state index contributed by atoms with van der Waals surface area (Å²) in [5.74, 6) is 0.724. The van der Waals surface area contributed by atoms with Crippen LogP contribution in [-0.2, 0) is 6.54 Å². The Kier molecular flexibility index (Phi) is 2.99. The lowest BCUT2D eigenvalue weighted by Crippen LogP contribution is -2.03. The van der Waals surface area contributed by atoms with Gasteiger partial charge in [0.1, 0.15) is 5.82 Å². The Morgan fingerprint density at radius 3 is 3.00 bits per heavy atom. The minimum Gasteiger partial charge on any atom is -0.395 e. The van der Waals surface area contributed by atoms with Gasteiger partial charge in [-0.3, -0.25) is 4.98 Å². The molecule has 0 radical (unpaired) electrons. The van der Waals surface area contributed by atoms with Crippen LogP contribution in [0.2, 0.25) is 5.02 Å². The number of rotatable bonds is 3. The summed E-state index contributed by atoms with van der Waals surface area (Å²) in [6, 6.07) is 1.72. The molecule has 1 N–H and O–H groups in total. The second-order valence-electron chi connectivity index (χ2n) is 3.02. The van der Waals surface area contributed by atoms with E-state index in [0.29, 0.717) is 11.6 Å². The molecule has 2 aromatic heterocycles. The van der Waals surface area contributed by atoms with Crippen molar-refractivity contribution in [1.29, 1.82) is 0 Å². The quantitative estimate of drug-likeness (QED) is 0.860. The Morgan fingerprint density at radius 2 is 2.27 bits per heavy atom. The molecule has 0 saturated heterocycles. The van der Waals surface area contributed by atoms with Gasteiger partial charge in [-0.1, -0.05) is 11.6 Å². The summed E-state index contributed by atoms with van der Waals surface area (Å²) in [5, 5.41) is 9.49. The SMILES string of the molecule is OCCn1ccnc1-c1cnccc1Cl. The third-order valence-corrected chi connectivity index (χ3v) is 2.39. The Hall–Kier alpha value is -1.39. The molecule has 0 atom stereocenters. The van der Waals surface area contributed by atoms with Crippen molar-refractivity contribution in [3.05, 3.63) is 35.9 Å². The lowest BCUT2D eigenvalue weighted by atomic mass is 10.2. The van der Waals surface area contributed by atoms with E-state index in [1.54, 1.807) is 30.9 Å². The van der Waals surface area contributed by atoms with E-state index in [0.717, 1.165) is 11.4 Å². The molecule has 0 bridgehead atoms. The standard InChI is InChI=1S/C10H10ClN3O/c11-9-1-2-12-7-8(9)10-13-3-4-14(10)5-6-15/h1-4,7,15H,5-6H2. The second kappa shape index (κ2) is 4.42. The van der Waals surface area contributed by atoms with Crippen LogP contribution < -0.4 is 0 Å². The highest BCUT2D eigenvalue weighted by atomic mass is 35.5. The highest BCUT2D eigenvalue weighted by molar-refractivity contribution is 6.33. The number of hydrogen-bond acceptors (Lipinski definition) is 3.